The van der Waals surface area contributed by atoms with Crippen molar-refractivity contribution in [2.45, 2.75) is 6.42 Å². The van der Waals surface area contributed by atoms with Crippen LogP contribution in [0.1, 0.15) is 15.9 Å². The van der Waals surface area contributed by atoms with Gasteiger partial charge in [0.2, 0.25) is 0 Å². The predicted molar refractivity (Wildman–Crippen MR) is 143 cm³/mol. The summed E-state index contributed by atoms with van der Waals surface area (Å²) in [5.74, 6) is -1.15. The highest BCUT2D eigenvalue weighted by Gasteiger charge is 2.21. The third kappa shape index (κ3) is 4.96. The van der Waals surface area contributed by atoms with E-state index in [9.17, 15) is 18.4 Å². The predicted octanol–water partition coefficient (Wildman–Crippen LogP) is 4.99. The fraction of sp³-hybridized carbons (Fsp3) is 0.111. The molecule has 0 spiro atoms. The number of halogens is 2. The van der Waals surface area contributed by atoms with Crippen molar-refractivity contribution in [1.82, 2.24) is 14.5 Å². The van der Waals surface area contributed by atoms with E-state index in [0.717, 1.165) is 0 Å². The summed E-state index contributed by atoms with van der Waals surface area (Å²) in [6.07, 6.45) is 1.21. The zero-order chi connectivity index (χ0) is 27.0. The van der Waals surface area contributed by atoms with E-state index in [2.05, 4.69) is 9.97 Å². The van der Waals surface area contributed by atoms with Gasteiger partial charge < -0.3 is 15.4 Å². The smallest absolute Gasteiger partial charge is 0.267 e. The van der Waals surface area contributed by atoms with Gasteiger partial charge in [-0.05, 0) is 54.1 Å². The highest BCUT2D eigenvalue weighted by atomic mass is 32.1. The zero-order valence-electron chi connectivity index (χ0n) is 20.3. The lowest BCUT2D eigenvalue weighted by Gasteiger charge is -2.11. The second-order valence-electron chi connectivity index (χ2n) is 8.64. The number of nitrogens with zero attached hydrogens (tertiary/aromatic N) is 4. The van der Waals surface area contributed by atoms with Gasteiger partial charge in [-0.15, -0.1) is 0 Å². The molecule has 8 nitrogen and oxygen atoms in total. The van der Waals surface area contributed by atoms with Crippen molar-refractivity contribution in [2.24, 2.45) is 0 Å². The van der Waals surface area contributed by atoms with E-state index >= 15 is 0 Å². The molecule has 0 aliphatic rings. The molecule has 0 saturated carbocycles. The van der Waals surface area contributed by atoms with Crippen LogP contribution in [0.2, 0.25) is 0 Å². The van der Waals surface area contributed by atoms with Crippen LogP contribution in [-0.4, -0.2) is 34.4 Å². The average molecular weight is 534 g/mol. The monoisotopic (exact) mass is 533 g/mol. The number of fused-ring (bicyclic) bond motifs is 1. The van der Waals surface area contributed by atoms with Gasteiger partial charge in [-0.1, -0.05) is 17.4 Å². The number of Topliss-reactive ketones (excluding diaryl/α,β-unsaturated/α-hetero) is 1. The number of benzene rings is 2. The summed E-state index contributed by atoms with van der Waals surface area (Å²) in [5, 5.41) is 0.633. The molecule has 3 aromatic heterocycles. The number of carbonyl (C=O) groups is 1. The Balaban J connectivity index is 1.50. The number of ether oxygens (including phenoxy) is 1. The van der Waals surface area contributed by atoms with Crippen molar-refractivity contribution < 1.29 is 18.3 Å². The molecule has 0 aliphatic carbocycles. The van der Waals surface area contributed by atoms with Gasteiger partial charge in [0.05, 0.1) is 11.3 Å². The number of hydrogen-bond acceptors (Lipinski definition) is 8. The quantitative estimate of drug-likeness (QED) is 0.294. The number of nitrogen functional groups attached to an aromatic ring is 1. The lowest BCUT2D eigenvalue weighted by Crippen LogP contribution is -2.26. The van der Waals surface area contributed by atoms with Crippen molar-refractivity contribution in [3.8, 4) is 17.2 Å². The number of thiazole rings is 1. The van der Waals surface area contributed by atoms with E-state index in [1.165, 1.54) is 76.7 Å². The molecular formula is C27H21F2N5O3S. The highest BCUT2D eigenvalue weighted by molar-refractivity contribution is 7.21. The molecule has 0 unspecified atom stereocenters. The van der Waals surface area contributed by atoms with Crippen molar-refractivity contribution in [1.29, 1.82) is 0 Å². The molecule has 2 aromatic carbocycles. The number of anilines is 2. The van der Waals surface area contributed by atoms with Crippen LogP contribution >= 0.6 is 11.3 Å². The maximum Gasteiger partial charge on any atom is 0.267 e. The summed E-state index contributed by atoms with van der Waals surface area (Å²) in [4.78, 5) is 37.6. The summed E-state index contributed by atoms with van der Waals surface area (Å²) in [6, 6.07) is 14.0. The van der Waals surface area contributed by atoms with Crippen LogP contribution < -0.4 is 20.9 Å². The minimum absolute atomic E-state index is 0.0504. The molecule has 192 valence electrons. The van der Waals surface area contributed by atoms with Gasteiger partial charge in [0.1, 0.15) is 27.7 Å². The molecule has 3 heterocycles. The number of pyridine rings is 2. The zero-order valence-corrected chi connectivity index (χ0v) is 21.1. The van der Waals surface area contributed by atoms with Gasteiger partial charge in [-0.25, -0.2) is 18.7 Å². The van der Waals surface area contributed by atoms with Crippen molar-refractivity contribution in [3.05, 3.63) is 100.0 Å². The molecule has 0 fully saturated rings. The first-order valence-corrected chi connectivity index (χ1v) is 12.2. The Morgan fingerprint density at radius 3 is 2.53 bits per heavy atom. The summed E-state index contributed by atoms with van der Waals surface area (Å²) in [6.45, 7) is 0. The summed E-state index contributed by atoms with van der Waals surface area (Å²) >= 11 is 1.27. The van der Waals surface area contributed by atoms with Crippen LogP contribution in [0.4, 0.5) is 19.7 Å². The Labute approximate surface area is 219 Å². The second kappa shape index (κ2) is 10.0. The van der Waals surface area contributed by atoms with Gasteiger partial charge >= 0.3 is 0 Å². The lowest BCUT2D eigenvalue weighted by molar-refractivity contribution is 0.0991. The normalized spacial score (nSPS) is 11.1. The van der Waals surface area contributed by atoms with E-state index in [1.54, 1.807) is 11.0 Å². The number of hydrogen-bond donors (Lipinski definition) is 1. The molecule has 5 aromatic rings. The highest BCUT2D eigenvalue weighted by Crippen LogP contribution is 2.30. The fourth-order valence-corrected chi connectivity index (χ4v) is 4.82. The minimum atomic E-state index is -0.681. The van der Waals surface area contributed by atoms with Crippen molar-refractivity contribution in [2.75, 3.05) is 24.7 Å². The third-order valence-corrected chi connectivity index (χ3v) is 6.87. The molecule has 0 aliphatic heterocycles. The Bertz CT molecular complexity index is 1730. The topological polar surface area (TPSA) is 103 Å². The number of carbonyl (C=O) groups excluding carboxylic acids is 1. The molecule has 0 radical (unpaired) electrons. The summed E-state index contributed by atoms with van der Waals surface area (Å²) < 4.78 is 35.2. The van der Waals surface area contributed by atoms with Gasteiger partial charge in [-0.3, -0.25) is 14.2 Å². The Hall–Kier alpha value is -4.64. The maximum absolute atomic E-state index is 14.8. The molecule has 0 amide bonds. The second-order valence-corrected chi connectivity index (χ2v) is 9.60. The van der Waals surface area contributed by atoms with E-state index in [-0.39, 0.29) is 23.6 Å². The molecule has 2 N–H and O–H groups in total. The first-order chi connectivity index (χ1) is 18.2. The Morgan fingerprint density at radius 2 is 1.84 bits per heavy atom. The van der Waals surface area contributed by atoms with Crippen LogP contribution in [0.25, 0.3) is 16.0 Å². The molecule has 38 heavy (non-hydrogen) atoms. The molecular weight excluding hydrogens is 512 g/mol. The van der Waals surface area contributed by atoms with E-state index in [1.807, 2.05) is 14.1 Å². The van der Waals surface area contributed by atoms with Crippen LogP contribution in [0.5, 0.6) is 11.5 Å². The Kier molecular flexibility index (Phi) is 6.60. The van der Waals surface area contributed by atoms with Gasteiger partial charge in [0, 0.05) is 32.8 Å². The van der Waals surface area contributed by atoms with E-state index < -0.39 is 23.0 Å². The lowest BCUT2D eigenvalue weighted by atomic mass is 10.0. The van der Waals surface area contributed by atoms with Crippen LogP contribution in [0.15, 0.2) is 71.7 Å². The van der Waals surface area contributed by atoms with Gasteiger partial charge in [0.15, 0.2) is 22.5 Å². The SMILES string of the molecule is CN(C)c1nc2cc(C(=O)Cc3ccc(Oc4ccnc(N)c4)c(F)c3)c(=O)n(-c3ccc(F)cc3)c2s1. The van der Waals surface area contributed by atoms with Gasteiger partial charge in [0.25, 0.3) is 5.56 Å². The maximum atomic E-state index is 14.8. The number of aromatic nitrogens is 3. The standard InChI is InChI=1S/C27H21F2N5O3S/c1-33(2)27-32-21-14-19(25(36)34(26(21)38-27)17-6-4-16(28)5-7-17)22(35)12-15-3-8-23(20(29)11-15)37-18-9-10-31-24(30)13-18/h3-11,13-14H,12H2,1-2H3,(H2,30,31). The summed E-state index contributed by atoms with van der Waals surface area (Å²) in [7, 11) is 3.63. The molecule has 11 heteroatoms. The number of ketones is 1. The molecule has 0 saturated heterocycles. The van der Waals surface area contributed by atoms with E-state index in [0.29, 0.717) is 32.5 Å². The molecule has 0 bridgehead atoms. The fourth-order valence-electron chi connectivity index (χ4n) is 3.83. The average Bonchev–Trinajstić information content (AvgIpc) is 3.30. The first-order valence-electron chi connectivity index (χ1n) is 11.4. The van der Waals surface area contributed by atoms with Crippen LogP contribution in [0, 0.1) is 11.6 Å². The first kappa shape index (κ1) is 25.0. The van der Waals surface area contributed by atoms with E-state index in [4.69, 9.17) is 10.5 Å². The Morgan fingerprint density at radius 1 is 1.08 bits per heavy atom. The third-order valence-electron chi connectivity index (χ3n) is 5.65. The minimum Gasteiger partial charge on any atom is -0.454 e. The van der Waals surface area contributed by atoms with Gasteiger partial charge in [-0.2, -0.15) is 0 Å². The number of nitrogens with two attached hydrogens (primary N) is 1. The summed E-state index contributed by atoms with van der Waals surface area (Å²) in [5.41, 5.74) is 6.15. The number of rotatable bonds is 7. The van der Waals surface area contributed by atoms with Crippen molar-refractivity contribution in [3.63, 3.8) is 0 Å². The molecule has 0 atom stereocenters. The van der Waals surface area contributed by atoms with Crippen LogP contribution in [-0.2, 0) is 6.42 Å². The van der Waals surface area contributed by atoms with Crippen LogP contribution in [0.3, 0.4) is 0 Å². The van der Waals surface area contributed by atoms with Crippen molar-refractivity contribution >= 4 is 38.4 Å². The molecule has 5 rings (SSSR count). The largest absolute Gasteiger partial charge is 0.454 e.